The Morgan fingerprint density at radius 2 is 2.04 bits per heavy atom. The van der Waals surface area contributed by atoms with E-state index in [0.29, 0.717) is 5.91 Å². The minimum Gasteiger partial charge on any atom is -0.360 e. The zero-order valence-electron chi connectivity index (χ0n) is 14.3. The number of likely N-dealkylation sites (N-methyl/N-ethyl adjacent to an activating group) is 1. The van der Waals surface area contributed by atoms with Gasteiger partial charge in [-0.1, -0.05) is 18.5 Å². The van der Waals surface area contributed by atoms with Gasteiger partial charge in [0.15, 0.2) is 5.76 Å². The fraction of sp³-hybridized carbons (Fsp3) is 0.765. The molecule has 1 aromatic rings. The molecule has 0 N–H and O–H groups in total. The molecule has 0 radical (unpaired) electrons. The van der Waals surface area contributed by atoms with Gasteiger partial charge in [-0.3, -0.25) is 14.6 Å². The monoisotopic (exact) mass is 320 g/mol. The number of piperidine rings is 1. The molecule has 1 atom stereocenters. The number of hydrogen-bond acceptors (Lipinski definition) is 5. The highest BCUT2D eigenvalue weighted by atomic mass is 16.5. The Balaban J connectivity index is 1.50. The van der Waals surface area contributed by atoms with Gasteiger partial charge in [-0.25, -0.2) is 0 Å². The van der Waals surface area contributed by atoms with Crippen molar-refractivity contribution in [1.82, 2.24) is 19.9 Å². The molecular weight excluding hydrogens is 292 g/mol. The molecule has 0 aromatic carbocycles. The van der Waals surface area contributed by atoms with E-state index < -0.39 is 0 Å². The van der Waals surface area contributed by atoms with Crippen LogP contribution < -0.4 is 0 Å². The first kappa shape index (κ1) is 16.5. The number of piperazine rings is 1. The van der Waals surface area contributed by atoms with Gasteiger partial charge in [0.25, 0.3) is 0 Å². The van der Waals surface area contributed by atoms with E-state index in [2.05, 4.69) is 26.8 Å². The summed E-state index contributed by atoms with van der Waals surface area (Å²) in [4.78, 5) is 19.6. The average molecular weight is 320 g/mol. The lowest BCUT2D eigenvalue weighted by Gasteiger charge is -2.40. The lowest BCUT2D eigenvalue weighted by Crippen LogP contribution is -2.55. The molecule has 0 saturated carbocycles. The number of carbonyl (C=O) groups excluding carboxylic acids is 1. The molecule has 3 rings (SSSR count). The van der Waals surface area contributed by atoms with Crippen molar-refractivity contribution in [3.8, 4) is 0 Å². The van der Waals surface area contributed by atoms with Gasteiger partial charge in [-0.05, 0) is 32.9 Å². The van der Waals surface area contributed by atoms with Gasteiger partial charge in [0.1, 0.15) is 0 Å². The van der Waals surface area contributed by atoms with Crippen LogP contribution in [0.2, 0.25) is 0 Å². The van der Waals surface area contributed by atoms with E-state index in [1.165, 1.54) is 12.8 Å². The summed E-state index contributed by atoms with van der Waals surface area (Å²) in [5.41, 5.74) is 0.922. The van der Waals surface area contributed by atoms with Crippen LogP contribution >= 0.6 is 0 Å². The molecule has 128 valence electrons. The van der Waals surface area contributed by atoms with E-state index in [4.69, 9.17) is 4.52 Å². The number of aryl methyl sites for hydroxylation is 1. The zero-order chi connectivity index (χ0) is 16.2. The van der Waals surface area contributed by atoms with Gasteiger partial charge < -0.3 is 9.42 Å². The van der Waals surface area contributed by atoms with Crippen LogP contribution in [-0.4, -0.2) is 71.1 Å². The van der Waals surface area contributed by atoms with E-state index in [1.807, 2.05) is 13.0 Å². The molecule has 2 aliphatic rings. The Hall–Kier alpha value is -1.40. The standard InChI is InChI=1S/C17H28N4O2/c1-3-20-7-5-4-6-16(20)17(22)21-10-8-19(9-11-21)13-15-12-14(2)18-23-15/h12,16H,3-11,13H2,1-2H3/t16-/m0/s1. The topological polar surface area (TPSA) is 52.8 Å². The summed E-state index contributed by atoms with van der Waals surface area (Å²) in [5.74, 6) is 1.24. The summed E-state index contributed by atoms with van der Waals surface area (Å²) < 4.78 is 5.29. The van der Waals surface area contributed by atoms with Crippen molar-refractivity contribution in [2.24, 2.45) is 0 Å². The molecule has 0 aliphatic carbocycles. The van der Waals surface area contributed by atoms with Crippen LogP contribution in [0.1, 0.15) is 37.6 Å². The largest absolute Gasteiger partial charge is 0.360 e. The highest BCUT2D eigenvalue weighted by Gasteiger charge is 2.32. The van der Waals surface area contributed by atoms with Gasteiger partial charge >= 0.3 is 0 Å². The summed E-state index contributed by atoms with van der Waals surface area (Å²) >= 11 is 0. The normalized spacial score (nSPS) is 24.1. The Morgan fingerprint density at radius 1 is 1.26 bits per heavy atom. The predicted molar refractivity (Wildman–Crippen MR) is 88.0 cm³/mol. The third-order valence-electron chi connectivity index (χ3n) is 5.05. The molecule has 0 unspecified atom stereocenters. The molecule has 1 amide bonds. The van der Waals surface area contributed by atoms with Crippen LogP contribution in [-0.2, 0) is 11.3 Å². The van der Waals surface area contributed by atoms with Gasteiger partial charge in [-0.15, -0.1) is 0 Å². The van der Waals surface area contributed by atoms with Crippen molar-refractivity contribution >= 4 is 5.91 Å². The summed E-state index contributed by atoms with van der Waals surface area (Å²) in [5, 5.41) is 3.93. The average Bonchev–Trinajstić information content (AvgIpc) is 3.00. The van der Waals surface area contributed by atoms with Gasteiger partial charge in [0, 0.05) is 32.2 Å². The number of aromatic nitrogens is 1. The van der Waals surface area contributed by atoms with Crippen LogP contribution in [0.5, 0.6) is 0 Å². The lowest BCUT2D eigenvalue weighted by atomic mass is 10.0. The fourth-order valence-corrected chi connectivity index (χ4v) is 3.70. The summed E-state index contributed by atoms with van der Waals surface area (Å²) in [7, 11) is 0. The molecule has 6 nitrogen and oxygen atoms in total. The third-order valence-corrected chi connectivity index (χ3v) is 5.05. The van der Waals surface area contributed by atoms with Crippen LogP contribution in [0.3, 0.4) is 0 Å². The summed E-state index contributed by atoms with van der Waals surface area (Å²) in [6.45, 7) is 10.4. The van der Waals surface area contributed by atoms with Crippen LogP contribution in [0, 0.1) is 6.92 Å². The quantitative estimate of drug-likeness (QED) is 0.841. The maximum Gasteiger partial charge on any atom is 0.240 e. The molecule has 0 spiro atoms. The smallest absolute Gasteiger partial charge is 0.240 e. The maximum atomic E-state index is 12.8. The molecule has 2 aliphatic heterocycles. The minimum absolute atomic E-state index is 0.109. The van der Waals surface area contributed by atoms with Crippen molar-refractivity contribution in [3.05, 3.63) is 17.5 Å². The van der Waals surface area contributed by atoms with Gasteiger partial charge in [0.05, 0.1) is 18.3 Å². The predicted octanol–water partition coefficient (Wildman–Crippen LogP) is 1.50. The molecule has 1 aromatic heterocycles. The number of hydrogen-bond donors (Lipinski definition) is 0. The number of carbonyl (C=O) groups is 1. The highest BCUT2D eigenvalue weighted by molar-refractivity contribution is 5.82. The maximum absolute atomic E-state index is 12.8. The molecule has 3 heterocycles. The fourth-order valence-electron chi connectivity index (χ4n) is 3.70. The molecular formula is C17H28N4O2. The SMILES string of the molecule is CCN1CCCC[C@H]1C(=O)N1CCN(Cc2cc(C)no2)CC1. The van der Waals surface area contributed by atoms with E-state index in [0.717, 1.165) is 63.7 Å². The van der Waals surface area contributed by atoms with Crippen molar-refractivity contribution in [2.75, 3.05) is 39.3 Å². The Labute approximate surface area is 138 Å². The second-order valence-corrected chi connectivity index (χ2v) is 6.68. The van der Waals surface area contributed by atoms with E-state index >= 15 is 0 Å². The molecule has 2 saturated heterocycles. The molecule has 2 fully saturated rings. The summed E-state index contributed by atoms with van der Waals surface area (Å²) in [6.07, 6.45) is 3.42. The summed E-state index contributed by atoms with van der Waals surface area (Å²) in [6, 6.07) is 2.09. The third kappa shape index (κ3) is 3.93. The second-order valence-electron chi connectivity index (χ2n) is 6.68. The Morgan fingerprint density at radius 3 is 2.70 bits per heavy atom. The Kier molecular flexibility index (Phi) is 5.33. The van der Waals surface area contributed by atoms with Crippen molar-refractivity contribution in [1.29, 1.82) is 0 Å². The van der Waals surface area contributed by atoms with Crippen molar-refractivity contribution < 1.29 is 9.32 Å². The number of likely N-dealkylation sites (tertiary alicyclic amines) is 1. The first-order valence-corrected chi connectivity index (χ1v) is 8.84. The second kappa shape index (κ2) is 7.45. The number of rotatable bonds is 4. The van der Waals surface area contributed by atoms with Crippen LogP contribution in [0.25, 0.3) is 0 Å². The van der Waals surface area contributed by atoms with Crippen molar-refractivity contribution in [2.45, 2.75) is 45.7 Å². The first-order chi connectivity index (χ1) is 11.2. The minimum atomic E-state index is 0.109. The van der Waals surface area contributed by atoms with Crippen LogP contribution in [0.4, 0.5) is 0 Å². The lowest BCUT2D eigenvalue weighted by molar-refractivity contribution is -0.140. The molecule has 0 bridgehead atoms. The molecule has 23 heavy (non-hydrogen) atoms. The number of amides is 1. The van der Waals surface area contributed by atoms with E-state index in [9.17, 15) is 4.79 Å². The first-order valence-electron chi connectivity index (χ1n) is 8.84. The highest BCUT2D eigenvalue weighted by Crippen LogP contribution is 2.19. The van der Waals surface area contributed by atoms with Crippen LogP contribution in [0.15, 0.2) is 10.6 Å². The van der Waals surface area contributed by atoms with E-state index in [-0.39, 0.29) is 6.04 Å². The van der Waals surface area contributed by atoms with Gasteiger partial charge in [0.2, 0.25) is 5.91 Å². The van der Waals surface area contributed by atoms with Crippen molar-refractivity contribution in [3.63, 3.8) is 0 Å². The van der Waals surface area contributed by atoms with Gasteiger partial charge in [-0.2, -0.15) is 0 Å². The number of nitrogens with zero attached hydrogens (tertiary/aromatic N) is 4. The molecule has 6 heteroatoms. The van der Waals surface area contributed by atoms with E-state index in [1.54, 1.807) is 0 Å². The zero-order valence-corrected chi connectivity index (χ0v) is 14.3. The Bertz CT molecular complexity index is 522.